The Morgan fingerprint density at radius 2 is 2.05 bits per heavy atom. The van der Waals surface area contributed by atoms with Crippen LogP contribution in [0.15, 0.2) is 36.7 Å². The van der Waals surface area contributed by atoms with Crippen LogP contribution in [0.1, 0.15) is 30.5 Å². The van der Waals surface area contributed by atoms with Gasteiger partial charge in [0.25, 0.3) is 0 Å². The molecule has 0 amide bonds. The molecule has 0 unspecified atom stereocenters. The van der Waals surface area contributed by atoms with Gasteiger partial charge in [-0.15, -0.1) is 0 Å². The van der Waals surface area contributed by atoms with Crippen LogP contribution < -0.4 is 10.1 Å². The Labute approximate surface area is 125 Å². The molecule has 3 nitrogen and oxygen atoms in total. The fourth-order valence-electron chi connectivity index (χ4n) is 2.00. The van der Waals surface area contributed by atoms with Gasteiger partial charge in [0.15, 0.2) is 0 Å². The molecule has 112 valence electrons. The normalized spacial score (nSPS) is 10.9. The highest BCUT2D eigenvalue weighted by Crippen LogP contribution is 2.21. The lowest BCUT2D eigenvalue weighted by atomic mass is 10.1. The van der Waals surface area contributed by atoms with Crippen molar-refractivity contribution in [3.63, 3.8) is 0 Å². The maximum Gasteiger partial charge on any atom is 0.141 e. The first-order valence-corrected chi connectivity index (χ1v) is 7.09. The van der Waals surface area contributed by atoms with Gasteiger partial charge in [0.05, 0.1) is 6.20 Å². The van der Waals surface area contributed by atoms with Crippen LogP contribution >= 0.6 is 0 Å². The predicted octanol–water partition coefficient (Wildman–Crippen LogP) is 3.61. The first-order valence-electron chi connectivity index (χ1n) is 7.09. The smallest absolute Gasteiger partial charge is 0.141 e. The molecule has 0 bridgehead atoms. The minimum Gasteiger partial charge on any atom is -0.489 e. The summed E-state index contributed by atoms with van der Waals surface area (Å²) in [6, 6.07) is 7.92. The van der Waals surface area contributed by atoms with E-state index in [2.05, 4.69) is 37.1 Å². The lowest BCUT2D eigenvalue weighted by molar-refractivity contribution is 0.300. The fourth-order valence-corrected chi connectivity index (χ4v) is 2.00. The van der Waals surface area contributed by atoms with Crippen molar-refractivity contribution in [2.75, 3.05) is 0 Å². The van der Waals surface area contributed by atoms with Gasteiger partial charge in [0.1, 0.15) is 18.2 Å². The molecule has 2 rings (SSSR count). The van der Waals surface area contributed by atoms with Crippen LogP contribution in [0.3, 0.4) is 0 Å². The average molecular weight is 288 g/mol. The minimum atomic E-state index is -0.346. The Balaban J connectivity index is 2.08. The lowest BCUT2D eigenvalue weighted by Crippen LogP contribution is -2.22. The predicted molar refractivity (Wildman–Crippen MR) is 81.7 cm³/mol. The van der Waals surface area contributed by atoms with Crippen molar-refractivity contribution in [2.45, 2.75) is 40.0 Å². The number of aromatic nitrogens is 1. The standard InChI is InChI=1S/C17H21FN2O/c1-12(2)20-9-15-6-13(3)4-5-17(15)21-11-14-7-16(18)10-19-8-14/h4-8,10,12,20H,9,11H2,1-3H3. The number of nitrogens with zero attached hydrogens (tertiary/aromatic N) is 1. The van der Waals surface area contributed by atoms with Crippen LogP contribution in [-0.2, 0) is 13.2 Å². The molecule has 21 heavy (non-hydrogen) atoms. The van der Waals surface area contributed by atoms with E-state index in [1.165, 1.54) is 17.8 Å². The summed E-state index contributed by atoms with van der Waals surface area (Å²) in [6.07, 6.45) is 2.80. The van der Waals surface area contributed by atoms with E-state index in [0.29, 0.717) is 12.6 Å². The number of rotatable bonds is 6. The SMILES string of the molecule is Cc1ccc(OCc2cncc(F)c2)c(CNC(C)C)c1. The highest BCUT2D eigenvalue weighted by atomic mass is 19.1. The topological polar surface area (TPSA) is 34.1 Å². The van der Waals surface area contributed by atoms with Crippen LogP contribution in [0.4, 0.5) is 4.39 Å². The number of nitrogens with one attached hydrogen (secondary N) is 1. The van der Waals surface area contributed by atoms with E-state index in [1.807, 2.05) is 12.1 Å². The van der Waals surface area contributed by atoms with Gasteiger partial charge in [0, 0.05) is 29.9 Å². The Kier molecular flexibility index (Phi) is 5.28. The zero-order valence-electron chi connectivity index (χ0n) is 12.7. The molecule has 1 N–H and O–H groups in total. The van der Waals surface area contributed by atoms with Crippen LogP contribution in [0.25, 0.3) is 0 Å². The van der Waals surface area contributed by atoms with Crippen molar-refractivity contribution in [1.29, 1.82) is 0 Å². The number of hydrogen-bond acceptors (Lipinski definition) is 3. The van der Waals surface area contributed by atoms with Crippen molar-refractivity contribution in [1.82, 2.24) is 10.3 Å². The molecule has 0 atom stereocenters. The van der Waals surface area contributed by atoms with E-state index in [9.17, 15) is 4.39 Å². The van der Waals surface area contributed by atoms with E-state index < -0.39 is 0 Å². The summed E-state index contributed by atoms with van der Waals surface area (Å²) in [4.78, 5) is 3.83. The molecule has 1 aromatic heterocycles. The summed E-state index contributed by atoms with van der Waals surface area (Å²) < 4.78 is 18.9. The van der Waals surface area contributed by atoms with Crippen molar-refractivity contribution < 1.29 is 9.13 Å². The third-order valence-electron chi connectivity index (χ3n) is 3.07. The highest BCUT2D eigenvalue weighted by molar-refractivity contribution is 5.37. The zero-order chi connectivity index (χ0) is 15.2. The number of ether oxygens (including phenoxy) is 1. The van der Waals surface area contributed by atoms with Gasteiger partial charge < -0.3 is 10.1 Å². The highest BCUT2D eigenvalue weighted by Gasteiger charge is 2.06. The van der Waals surface area contributed by atoms with Gasteiger partial charge in [-0.2, -0.15) is 0 Å². The quantitative estimate of drug-likeness (QED) is 0.881. The molecular weight excluding hydrogens is 267 g/mol. The number of aryl methyl sites for hydroxylation is 1. The molecular formula is C17H21FN2O. The van der Waals surface area contributed by atoms with Crippen LogP contribution in [0.5, 0.6) is 5.75 Å². The van der Waals surface area contributed by atoms with E-state index in [1.54, 1.807) is 6.20 Å². The summed E-state index contributed by atoms with van der Waals surface area (Å²) in [5.41, 5.74) is 3.02. The van der Waals surface area contributed by atoms with E-state index in [4.69, 9.17) is 4.74 Å². The molecule has 1 aromatic carbocycles. The van der Waals surface area contributed by atoms with Crippen LogP contribution in [0.2, 0.25) is 0 Å². The van der Waals surface area contributed by atoms with Crippen LogP contribution in [-0.4, -0.2) is 11.0 Å². The molecule has 0 saturated carbocycles. The van der Waals surface area contributed by atoms with Gasteiger partial charge in [-0.1, -0.05) is 31.5 Å². The van der Waals surface area contributed by atoms with Crippen LogP contribution in [0, 0.1) is 12.7 Å². The van der Waals surface area contributed by atoms with E-state index >= 15 is 0 Å². The Bertz CT molecular complexity index is 599. The largest absolute Gasteiger partial charge is 0.489 e. The first kappa shape index (κ1) is 15.4. The molecule has 2 aromatic rings. The summed E-state index contributed by atoms with van der Waals surface area (Å²) in [5.74, 6) is 0.472. The van der Waals surface area contributed by atoms with Crippen molar-refractivity contribution in [2.24, 2.45) is 0 Å². The van der Waals surface area contributed by atoms with Gasteiger partial charge in [-0.25, -0.2) is 4.39 Å². The third kappa shape index (κ3) is 4.83. The van der Waals surface area contributed by atoms with Crippen molar-refractivity contribution in [3.8, 4) is 5.75 Å². The summed E-state index contributed by atoms with van der Waals surface area (Å²) in [5, 5.41) is 3.38. The summed E-state index contributed by atoms with van der Waals surface area (Å²) in [7, 11) is 0. The first-order chi connectivity index (χ1) is 10.0. The number of benzene rings is 1. The van der Waals surface area contributed by atoms with Gasteiger partial charge in [0.2, 0.25) is 0 Å². The van der Waals surface area contributed by atoms with Gasteiger partial charge in [-0.3, -0.25) is 4.98 Å². The molecule has 0 fully saturated rings. The number of pyridine rings is 1. The summed E-state index contributed by atoms with van der Waals surface area (Å²) in [6.45, 7) is 7.32. The van der Waals surface area contributed by atoms with Crippen molar-refractivity contribution in [3.05, 3.63) is 59.2 Å². The third-order valence-corrected chi connectivity index (χ3v) is 3.07. The maximum atomic E-state index is 13.1. The van der Waals surface area contributed by atoms with E-state index in [0.717, 1.165) is 23.4 Å². The van der Waals surface area contributed by atoms with E-state index in [-0.39, 0.29) is 5.82 Å². The summed E-state index contributed by atoms with van der Waals surface area (Å²) >= 11 is 0. The second-order valence-corrected chi connectivity index (χ2v) is 5.45. The second-order valence-electron chi connectivity index (χ2n) is 5.45. The Morgan fingerprint density at radius 1 is 1.24 bits per heavy atom. The van der Waals surface area contributed by atoms with Crippen molar-refractivity contribution >= 4 is 0 Å². The molecule has 0 aliphatic rings. The lowest BCUT2D eigenvalue weighted by Gasteiger charge is -2.14. The molecule has 0 saturated heterocycles. The second kappa shape index (κ2) is 7.18. The molecule has 1 heterocycles. The molecule has 0 spiro atoms. The Morgan fingerprint density at radius 3 is 2.76 bits per heavy atom. The average Bonchev–Trinajstić information content (AvgIpc) is 2.44. The van der Waals surface area contributed by atoms with Gasteiger partial charge >= 0.3 is 0 Å². The Hall–Kier alpha value is -1.94. The molecule has 0 aliphatic carbocycles. The molecule has 0 aliphatic heterocycles. The number of hydrogen-bond donors (Lipinski definition) is 1. The fraction of sp³-hybridized carbons (Fsp3) is 0.353. The minimum absolute atomic E-state index is 0.308. The number of halogens is 1. The molecule has 0 radical (unpaired) electrons. The molecule has 4 heteroatoms. The monoisotopic (exact) mass is 288 g/mol. The zero-order valence-corrected chi connectivity index (χ0v) is 12.7. The van der Waals surface area contributed by atoms with Gasteiger partial charge in [-0.05, 0) is 19.1 Å². The maximum absolute atomic E-state index is 13.1.